The highest BCUT2D eigenvalue weighted by Crippen LogP contribution is 2.20. The van der Waals surface area contributed by atoms with Crippen LogP contribution in [0.3, 0.4) is 0 Å². The molecule has 2 rings (SSSR count). The van der Waals surface area contributed by atoms with E-state index in [1.165, 1.54) is 12.3 Å². The molecule has 0 spiro atoms. The summed E-state index contributed by atoms with van der Waals surface area (Å²) in [5.41, 5.74) is 1.11. The van der Waals surface area contributed by atoms with Gasteiger partial charge in [-0.05, 0) is 31.5 Å². The summed E-state index contributed by atoms with van der Waals surface area (Å²) in [6, 6.07) is 4.46. The zero-order valence-electron chi connectivity index (χ0n) is 10.9. The number of amides is 1. The van der Waals surface area contributed by atoms with E-state index in [1.807, 2.05) is 0 Å². The van der Waals surface area contributed by atoms with Gasteiger partial charge in [0.25, 0.3) is 5.91 Å². The molecule has 2 aromatic rings. The van der Waals surface area contributed by atoms with Crippen molar-refractivity contribution in [1.29, 1.82) is 0 Å². The van der Waals surface area contributed by atoms with Crippen molar-refractivity contribution >= 4 is 21.6 Å². The first-order valence-corrected chi connectivity index (χ1v) is 7.20. The number of nitrogens with one attached hydrogen (secondary N) is 1. The number of sulfonamides is 1. The molecule has 8 heteroatoms. The van der Waals surface area contributed by atoms with E-state index >= 15 is 0 Å². The molecule has 0 bridgehead atoms. The fourth-order valence-electron chi connectivity index (χ4n) is 1.70. The monoisotopic (exact) mass is 295 g/mol. The second-order valence-electron chi connectivity index (χ2n) is 4.28. The van der Waals surface area contributed by atoms with Gasteiger partial charge < -0.3 is 9.84 Å². The Morgan fingerprint density at radius 2 is 2.05 bits per heavy atom. The summed E-state index contributed by atoms with van der Waals surface area (Å²) in [6.45, 7) is 3.22. The largest absolute Gasteiger partial charge is 0.361 e. The van der Waals surface area contributed by atoms with Crippen molar-refractivity contribution < 1.29 is 17.7 Å². The van der Waals surface area contributed by atoms with Crippen LogP contribution in [0.4, 0.5) is 5.69 Å². The fourth-order valence-corrected chi connectivity index (χ4v) is 2.51. The minimum atomic E-state index is -3.84. The second kappa shape index (κ2) is 5.06. The van der Waals surface area contributed by atoms with Crippen LogP contribution < -0.4 is 10.5 Å². The number of anilines is 1. The number of carbonyl (C=O) groups excluding carboxylic acids is 1. The molecule has 0 unspecified atom stereocenters. The van der Waals surface area contributed by atoms with Gasteiger partial charge in [0, 0.05) is 5.69 Å². The Labute approximate surface area is 115 Å². The number of nitrogens with two attached hydrogens (primary N) is 1. The molecule has 0 radical (unpaired) electrons. The van der Waals surface area contributed by atoms with Crippen molar-refractivity contribution in [2.24, 2.45) is 5.14 Å². The first-order chi connectivity index (χ1) is 9.29. The summed E-state index contributed by atoms with van der Waals surface area (Å²) < 4.78 is 27.6. The Morgan fingerprint density at radius 1 is 1.35 bits per heavy atom. The molecule has 0 saturated heterocycles. The number of rotatable bonds is 3. The molecule has 106 valence electrons. The predicted molar refractivity (Wildman–Crippen MR) is 71.7 cm³/mol. The van der Waals surface area contributed by atoms with E-state index in [4.69, 9.17) is 9.66 Å². The van der Waals surface area contributed by atoms with Gasteiger partial charge in [-0.1, -0.05) is 11.2 Å². The summed E-state index contributed by atoms with van der Waals surface area (Å²) in [7, 11) is -3.84. The van der Waals surface area contributed by atoms with Gasteiger partial charge in [0.15, 0.2) is 0 Å². The Balaban J connectivity index is 2.32. The highest BCUT2D eigenvalue weighted by Gasteiger charge is 2.16. The average Bonchev–Trinajstić information content (AvgIpc) is 2.76. The highest BCUT2D eigenvalue weighted by atomic mass is 32.2. The van der Waals surface area contributed by atoms with Crippen LogP contribution in [-0.2, 0) is 10.0 Å². The normalized spacial score (nSPS) is 11.3. The van der Waals surface area contributed by atoms with Gasteiger partial charge >= 0.3 is 0 Å². The van der Waals surface area contributed by atoms with E-state index in [9.17, 15) is 13.2 Å². The lowest BCUT2D eigenvalue weighted by Gasteiger charge is -2.08. The molecule has 1 aromatic heterocycles. The molecule has 7 nitrogen and oxygen atoms in total. The van der Waals surface area contributed by atoms with Crippen molar-refractivity contribution in [1.82, 2.24) is 5.16 Å². The molecule has 3 N–H and O–H groups in total. The molecule has 0 aliphatic rings. The van der Waals surface area contributed by atoms with Crippen LogP contribution in [-0.4, -0.2) is 19.5 Å². The third-order valence-electron chi connectivity index (χ3n) is 2.75. The summed E-state index contributed by atoms with van der Waals surface area (Å²) in [6.07, 6.45) is 1.29. The fraction of sp³-hybridized carbons (Fsp3) is 0.167. The standard InChI is InChI=1S/C12H13N3O4S/c1-7-3-4-9(5-11(7)20(13,17)18)15-12(16)10-6-14-19-8(10)2/h3-6H,1-2H3,(H,15,16)(H2,13,17,18). The smallest absolute Gasteiger partial charge is 0.260 e. The van der Waals surface area contributed by atoms with Gasteiger partial charge in [-0.3, -0.25) is 4.79 Å². The van der Waals surface area contributed by atoms with Crippen molar-refractivity contribution in [3.63, 3.8) is 0 Å². The molecule has 20 heavy (non-hydrogen) atoms. The van der Waals surface area contributed by atoms with Gasteiger partial charge in [-0.25, -0.2) is 13.6 Å². The van der Waals surface area contributed by atoms with Crippen LogP contribution in [0, 0.1) is 13.8 Å². The number of hydrogen-bond acceptors (Lipinski definition) is 5. The van der Waals surface area contributed by atoms with E-state index in [-0.39, 0.29) is 10.5 Å². The van der Waals surface area contributed by atoms with Crippen molar-refractivity contribution in [2.45, 2.75) is 18.7 Å². The van der Waals surface area contributed by atoms with Crippen molar-refractivity contribution in [2.75, 3.05) is 5.32 Å². The van der Waals surface area contributed by atoms with E-state index in [1.54, 1.807) is 26.0 Å². The van der Waals surface area contributed by atoms with E-state index < -0.39 is 15.9 Å². The summed E-state index contributed by atoms with van der Waals surface area (Å²) in [5.74, 6) is -0.0609. The molecule has 1 heterocycles. The molecule has 0 aliphatic heterocycles. The predicted octanol–water partition coefficient (Wildman–Crippen LogP) is 1.19. The number of primary sulfonamides is 1. The van der Waals surface area contributed by atoms with Gasteiger partial charge in [0.05, 0.1) is 11.1 Å². The van der Waals surface area contributed by atoms with Crippen molar-refractivity contribution in [3.05, 3.63) is 41.3 Å². The quantitative estimate of drug-likeness (QED) is 0.882. The third-order valence-corrected chi connectivity index (χ3v) is 3.80. The summed E-state index contributed by atoms with van der Waals surface area (Å²) in [4.78, 5) is 11.9. The molecule has 0 atom stereocenters. The zero-order chi connectivity index (χ0) is 14.9. The van der Waals surface area contributed by atoms with Crippen LogP contribution in [0.1, 0.15) is 21.7 Å². The van der Waals surface area contributed by atoms with Crippen molar-refractivity contribution in [3.8, 4) is 0 Å². The van der Waals surface area contributed by atoms with Gasteiger partial charge in [0.1, 0.15) is 11.3 Å². The maximum absolute atomic E-state index is 12.0. The van der Waals surface area contributed by atoms with E-state index in [2.05, 4.69) is 10.5 Å². The minimum Gasteiger partial charge on any atom is -0.361 e. The first-order valence-electron chi connectivity index (χ1n) is 5.65. The number of benzene rings is 1. The van der Waals surface area contributed by atoms with Gasteiger partial charge in [-0.2, -0.15) is 0 Å². The molecule has 0 aliphatic carbocycles. The molecular weight excluding hydrogens is 282 g/mol. The lowest BCUT2D eigenvalue weighted by atomic mass is 10.2. The maximum Gasteiger partial charge on any atom is 0.260 e. The maximum atomic E-state index is 12.0. The van der Waals surface area contributed by atoms with Crippen LogP contribution in [0.25, 0.3) is 0 Å². The molecule has 0 fully saturated rings. The molecular formula is C12H13N3O4S. The summed E-state index contributed by atoms with van der Waals surface area (Å²) >= 11 is 0. The summed E-state index contributed by atoms with van der Waals surface area (Å²) in [5, 5.41) is 11.2. The van der Waals surface area contributed by atoms with Gasteiger partial charge in [-0.15, -0.1) is 0 Å². The number of aryl methyl sites for hydroxylation is 2. The van der Waals surface area contributed by atoms with Crippen LogP contribution in [0.5, 0.6) is 0 Å². The van der Waals surface area contributed by atoms with Crippen LogP contribution in [0.15, 0.2) is 33.8 Å². The van der Waals surface area contributed by atoms with E-state index in [0.717, 1.165) is 0 Å². The highest BCUT2D eigenvalue weighted by molar-refractivity contribution is 7.89. The van der Waals surface area contributed by atoms with Gasteiger partial charge in [0.2, 0.25) is 10.0 Å². The molecule has 1 aromatic carbocycles. The Bertz CT molecular complexity index is 765. The number of carbonyl (C=O) groups is 1. The SMILES string of the molecule is Cc1ccc(NC(=O)c2cnoc2C)cc1S(N)(=O)=O. The lowest BCUT2D eigenvalue weighted by Crippen LogP contribution is -2.16. The molecule has 0 saturated carbocycles. The van der Waals surface area contributed by atoms with Crippen LogP contribution in [0.2, 0.25) is 0 Å². The Morgan fingerprint density at radius 3 is 2.60 bits per heavy atom. The Hall–Kier alpha value is -2.19. The third kappa shape index (κ3) is 2.86. The number of aromatic nitrogens is 1. The molecule has 1 amide bonds. The Kier molecular flexibility index (Phi) is 3.60. The van der Waals surface area contributed by atoms with E-state index in [0.29, 0.717) is 17.0 Å². The topological polar surface area (TPSA) is 115 Å². The second-order valence-corrected chi connectivity index (χ2v) is 5.80. The minimum absolute atomic E-state index is 0.0302. The first kappa shape index (κ1) is 14.2. The lowest BCUT2D eigenvalue weighted by molar-refractivity contribution is 0.102. The number of nitrogens with zero attached hydrogens (tertiary/aromatic N) is 1. The van der Waals surface area contributed by atoms with Crippen LogP contribution >= 0.6 is 0 Å². The average molecular weight is 295 g/mol. The zero-order valence-corrected chi connectivity index (χ0v) is 11.7. The number of hydrogen-bond donors (Lipinski definition) is 2.